The van der Waals surface area contributed by atoms with Crippen LogP contribution in [0.1, 0.15) is 42.3 Å². The third kappa shape index (κ3) is 4.49. The zero-order valence-electron chi connectivity index (χ0n) is 18.5. The number of halogens is 2. The number of fused-ring (bicyclic) bond motifs is 1. The average molecular weight is 468 g/mol. The molecule has 6 heteroatoms. The molecule has 0 amide bonds. The summed E-state index contributed by atoms with van der Waals surface area (Å²) < 4.78 is 0. The normalized spacial score (nSPS) is 15.8. The average Bonchev–Trinajstić information content (AvgIpc) is 3.01. The monoisotopic (exact) mass is 467 g/mol. The summed E-state index contributed by atoms with van der Waals surface area (Å²) in [5.74, 6) is -0.0646. The van der Waals surface area contributed by atoms with Crippen molar-refractivity contribution in [3.8, 4) is 0 Å². The molecule has 0 bridgehead atoms. The molecule has 1 aliphatic rings. The van der Waals surface area contributed by atoms with Gasteiger partial charge in [0, 0.05) is 12.1 Å². The molecule has 0 aliphatic carbocycles. The maximum atomic E-state index is 13.0. The molecule has 4 nitrogen and oxygen atoms in total. The Morgan fingerprint density at radius 3 is 2.12 bits per heavy atom. The number of carbonyl (C=O) groups excluding carboxylic acids is 1. The van der Waals surface area contributed by atoms with Gasteiger partial charge in [0.05, 0.1) is 28.0 Å². The summed E-state index contributed by atoms with van der Waals surface area (Å²) in [4.78, 5) is 17.1. The Kier molecular flexibility index (Phi) is 6.22. The van der Waals surface area contributed by atoms with Crippen LogP contribution in [-0.2, 0) is 12.0 Å². The van der Waals surface area contributed by atoms with Crippen molar-refractivity contribution in [2.24, 2.45) is 5.73 Å². The molecule has 0 aromatic heterocycles. The molecule has 1 unspecified atom stereocenters. The molecule has 4 rings (SSSR count). The van der Waals surface area contributed by atoms with Crippen LogP contribution >= 0.6 is 23.2 Å². The Bertz CT molecular complexity index is 1140. The van der Waals surface area contributed by atoms with Crippen molar-refractivity contribution in [1.29, 1.82) is 0 Å². The molecule has 0 saturated carbocycles. The van der Waals surface area contributed by atoms with Crippen molar-refractivity contribution in [3.05, 3.63) is 93.5 Å². The minimum atomic E-state index is -0.457. The summed E-state index contributed by atoms with van der Waals surface area (Å²) >= 11 is 12.1. The van der Waals surface area contributed by atoms with E-state index < -0.39 is 6.29 Å². The van der Waals surface area contributed by atoms with Gasteiger partial charge in [-0.05, 0) is 46.9 Å². The first-order chi connectivity index (χ1) is 15.1. The lowest BCUT2D eigenvalue weighted by molar-refractivity contribution is 0.0997. The number of anilines is 2. The molecule has 1 aliphatic heterocycles. The lowest BCUT2D eigenvalue weighted by Gasteiger charge is -2.29. The number of para-hydroxylation sites is 2. The van der Waals surface area contributed by atoms with Gasteiger partial charge in [0.2, 0.25) is 0 Å². The van der Waals surface area contributed by atoms with E-state index in [4.69, 9.17) is 28.9 Å². The van der Waals surface area contributed by atoms with Crippen LogP contribution in [0.15, 0.2) is 66.7 Å². The molecule has 0 saturated heterocycles. The Morgan fingerprint density at radius 1 is 0.906 bits per heavy atom. The van der Waals surface area contributed by atoms with E-state index in [0.717, 1.165) is 11.4 Å². The van der Waals surface area contributed by atoms with Gasteiger partial charge < -0.3 is 9.80 Å². The summed E-state index contributed by atoms with van der Waals surface area (Å²) in [6.07, 6.45) is -0.457. The van der Waals surface area contributed by atoms with E-state index in [1.807, 2.05) is 29.2 Å². The van der Waals surface area contributed by atoms with Gasteiger partial charge in [-0.25, -0.2) is 0 Å². The minimum Gasteiger partial charge on any atom is -0.333 e. The first-order valence-corrected chi connectivity index (χ1v) is 11.4. The number of hydrogen-bond donors (Lipinski definition) is 1. The molecule has 2 N–H and O–H groups in total. The fourth-order valence-electron chi connectivity index (χ4n) is 3.98. The molecule has 166 valence electrons. The summed E-state index contributed by atoms with van der Waals surface area (Å²) in [5.41, 5.74) is 11.7. The van der Waals surface area contributed by atoms with E-state index in [2.05, 4.69) is 49.9 Å². The van der Waals surface area contributed by atoms with Gasteiger partial charge in [-0.3, -0.25) is 10.5 Å². The first-order valence-electron chi connectivity index (χ1n) is 10.6. The second-order valence-corrected chi connectivity index (χ2v) is 9.97. The summed E-state index contributed by atoms with van der Waals surface area (Å²) in [5, 5.41) is 0.791. The summed E-state index contributed by atoms with van der Waals surface area (Å²) in [7, 11) is 0. The van der Waals surface area contributed by atoms with E-state index in [1.54, 1.807) is 18.2 Å². The Morgan fingerprint density at radius 2 is 1.53 bits per heavy atom. The molecular formula is C26H27Cl2N3O. The lowest BCUT2D eigenvalue weighted by atomic mass is 9.87. The molecule has 0 fully saturated rings. The van der Waals surface area contributed by atoms with Crippen LogP contribution in [0.4, 0.5) is 11.4 Å². The van der Waals surface area contributed by atoms with Crippen molar-refractivity contribution >= 4 is 40.4 Å². The Hall–Kier alpha value is -2.53. The Balaban J connectivity index is 1.57. The number of hydrogen-bond acceptors (Lipinski definition) is 4. The van der Waals surface area contributed by atoms with Crippen LogP contribution in [-0.4, -0.2) is 18.6 Å². The quantitative estimate of drug-likeness (QED) is 0.450. The second kappa shape index (κ2) is 8.78. The van der Waals surface area contributed by atoms with Crippen LogP contribution in [0, 0.1) is 0 Å². The van der Waals surface area contributed by atoms with Crippen LogP contribution in [0.3, 0.4) is 0 Å². The largest absolute Gasteiger partial charge is 0.333 e. The van der Waals surface area contributed by atoms with Crippen LogP contribution in [0.2, 0.25) is 10.0 Å². The highest BCUT2D eigenvalue weighted by atomic mass is 35.5. The minimum absolute atomic E-state index is 0.0646. The number of ketones is 1. The molecular weight excluding hydrogens is 441 g/mol. The summed E-state index contributed by atoms with van der Waals surface area (Å²) in [6, 6.07) is 21.6. The van der Waals surface area contributed by atoms with E-state index in [9.17, 15) is 4.79 Å². The van der Waals surface area contributed by atoms with Crippen molar-refractivity contribution in [2.75, 3.05) is 16.3 Å². The number of nitrogens with zero attached hydrogens (tertiary/aromatic N) is 2. The van der Waals surface area contributed by atoms with Crippen LogP contribution < -0.4 is 15.5 Å². The molecule has 0 radical (unpaired) electrons. The molecule has 3 aromatic carbocycles. The number of benzene rings is 3. The lowest BCUT2D eigenvalue weighted by Crippen LogP contribution is -2.51. The fraction of sp³-hybridized carbons (Fsp3) is 0.269. The van der Waals surface area contributed by atoms with Gasteiger partial charge in [-0.2, -0.15) is 0 Å². The van der Waals surface area contributed by atoms with Crippen LogP contribution in [0.25, 0.3) is 0 Å². The topological polar surface area (TPSA) is 49.6 Å². The standard InChI is InChI=1S/C26H27Cl2N3O/c1-26(2,3)19-11-8-17(9-12-19)15-30-22-6-4-5-7-23(22)31(25(30)29)16-24(32)18-10-13-20(27)21(28)14-18/h4-14,25H,15-16,29H2,1-3H3. The van der Waals surface area contributed by atoms with Gasteiger partial charge in [0.25, 0.3) is 0 Å². The van der Waals surface area contributed by atoms with E-state index in [1.165, 1.54) is 11.1 Å². The van der Waals surface area contributed by atoms with Gasteiger partial charge in [0.15, 0.2) is 12.1 Å². The fourth-order valence-corrected chi connectivity index (χ4v) is 4.28. The number of nitrogens with two attached hydrogens (primary N) is 1. The number of rotatable bonds is 5. The molecule has 32 heavy (non-hydrogen) atoms. The highest BCUT2D eigenvalue weighted by Crippen LogP contribution is 2.39. The molecule has 1 heterocycles. The van der Waals surface area contributed by atoms with E-state index >= 15 is 0 Å². The Labute approximate surface area is 199 Å². The maximum absolute atomic E-state index is 13.0. The number of carbonyl (C=O) groups is 1. The van der Waals surface area contributed by atoms with Gasteiger partial charge in [-0.1, -0.05) is 80.4 Å². The summed E-state index contributed by atoms with van der Waals surface area (Å²) in [6.45, 7) is 7.42. The first kappa shape index (κ1) is 22.7. The number of Topliss-reactive ketones (excluding diaryl/α,β-unsaturated/α-hetero) is 1. The van der Waals surface area contributed by atoms with Crippen molar-refractivity contribution < 1.29 is 4.79 Å². The highest BCUT2D eigenvalue weighted by molar-refractivity contribution is 6.42. The van der Waals surface area contributed by atoms with E-state index in [-0.39, 0.29) is 17.7 Å². The molecule has 1 atom stereocenters. The van der Waals surface area contributed by atoms with E-state index in [0.29, 0.717) is 22.2 Å². The predicted octanol–water partition coefficient (Wildman–Crippen LogP) is 6.24. The SMILES string of the molecule is CC(C)(C)c1ccc(CN2c3ccccc3N(CC(=O)c3ccc(Cl)c(Cl)c3)C2N)cc1. The van der Waals surface area contributed by atoms with Crippen molar-refractivity contribution in [1.82, 2.24) is 0 Å². The van der Waals surface area contributed by atoms with Gasteiger partial charge in [0.1, 0.15) is 0 Å². The zero-order valence-corrected chi connectivity index (χ0v) is 20.0. The van der Waals surface area contributed by atoms with Crippen molar-refractivity contribution in [3.63, 3.8) is 0 Å². The van der Waals surface area contributed by atoms with Crippen molar-refractivity contribution in [2.45, 2.75) is 39.0 Å². The smallest absolute Gasteiger partial charge is 0.182 e. The van der Waals surface area contributed by atoms with Crippen LogP contribution in [0.5, 0.6) is 0 Å². The second-order valence-electron chi connectivity index (χ2n) is 9.16. The maximum Gasteiger partial charge on any atom is 0.182 e. The molecule has 0 spiro atoms. The predicted molar refractivity (Wildman–Crippen MR) is 134 cm³/mol. The molecule has 3 aromatic rings. The third-order valence-electron chi connectivity index (χ3n) is 5.87. The third-order valence-corrected chi connectivity index (χ3v) is 6.61. The highest BCUT2D eigenvalue weighted by Gasteiger charge is 2.34. The van der Waals surface area contributed by atoms with Gasteiger partial charge in [-0.15, -0.1) is 0 Å². The van der Waals surface area contributed by atoms with Gasteiger partial charge >= 0.3 is 0 Å². The zero-order chi connectivity index (χ0) is 23.0.